The van der Waals surface area contributed by atoms with Gasteiger partial charge in [-0.1, -0.05) is 11.6 Å². The fourth-order valence-electron chi connectivity index (χ4n) is 3.38. The molecule has 5 N–H and O–H groups in total. The number of carbonyl (C=O) groups is 1. The van der Waals surface area contributed by atoms with Gasteiger partial charge in [0.25, 0.3) is 5.91 Å². The summed E-state index contributed by atoms with van der Waals surface area (Å²) in [5.41, 5.74) is 0.828. The maximum atomic E-state index is 13.6. The summed E-state index contributed by atoms with van der Waals surface area (Å²) in [6, 6.07) is 2.38. The van der Waals surface area contributed by atoms with Crippen molar-refractivity contribution < 1.29 is 28.2 Å². The second-order valence-corrected chi connectivity index (χ2v) is 7.88. The van der Waals surface area contributed by atoms with Crippen LogP contribution in [0.3, 0.4) is 0 Å². The Hall–Kier alpha value is -3.27. The van der Waals surface area contributed by atoms with E-state index in [2.05, 4.69) is 9.97 Å². The number of rotatable bonds is 3. The van der Waals surface area contributed by atoms with E-state index in [1.54, 1.807) is 0 Å². The number of nitrogens with two attached hydrogens (primary N) is 1. The minimum absolute atomic E-state index is 0.0392. The smallest absolute Gasteiger partial charge is 0.398 e. The van der Waals surface area contributed by atoms with Crippen molar-refractivity contribution in [2.75, 3.05) is 0 Å². The molecule has 31 heavy (non-hydrogen) atoms. The first-order valence-corrected chi connectivity index (χ1v) is 9.21. The SMILES string of the molecule is Cc1c(O)c(C(C)(C)C(F)(F)F)c(Cl)c(O)c1-c1cc(=O)c2c(C(N)=O)nccc2[nH]1. The number of carbonyl (C=O) groups excluding carboxylic acids is 1. The number of pyridine rings is 2. The Labute approximate surface area is 178 Å². The van der Waals surface area contributed by atoms with Gasteiger partial charge in [0.1, 0.15) is 17.2 Å². The van der Waals surface area contributed by atoms with Gasteiger partial charge in [-0.25, -0.2) is 0 Å². The quantitative estimate of drug-likeness (QED) is 0.445. The molecule has 0 spiro atoms. The van der Waals surface area contributed by atoms with Crippen molar-refractivity contribution in [3.8, 4) is 22.8 Å². The number of nitrogens with zero attached hydrogens (tertiary/aromatic N) is 1. The predicted molar refractivity (Wildman–Crippen MR) is 108 cm³/mol. The third-order valence-electron chi connectivity index (χ3n) is 5.21. The van der Waals surface area contributed by atoms with Gasteiger partial charge >= 0.3 is 6.18 Å². The average molecular weight is 456 g/mol. The molecule has 0 fully saturated rings. The number of phenols is 2. The Morgan fingerprint density at radius 3 is 2.39 bits per heavy atom. The van der Waals surface area contributed by atoms with E-state index in [0.29, 0.717) is 0 Å². The summed E-state index contributed by atoms with van der Waals surface area (Å²) >= 11 is 6.07. The van der Waals surface area contributed by atoms with E-state index in [1.807, 2.05) is 0 Å². The van der Waals surface area contributed by atoms with Gasteiger partial charge in [-0.15, -0.1) is 0 Å². The molecule has 0 radical (unpaired) electrons. The van der Waals surface area contributed by atoms with Gasteiger partial charge in [0, 0.05) is 29.0 Å². The largest absolute Gasteiger partial charge is 0.507 e. The number of aromatic amines is 1. The van der Waals surface area contributed by atoms with Crippen LogP contribution in [0, 0.1) is 6.92 Å². The van der Waals surface area contributed by atoms with E-state index in [9.17, 15) is 33.0 Å². The van der Waals surface area contributed by atoms with Crippen molar-refractivity contribution in [2.45, 2.75) is 32.4 Å². The average Bonchev–Trinajstić information content (AvgIpc) is 2.65. The Morgan fingerprint density at radius 1 is 1.23 bits per heavy atom. The number of hydrogen-bond acceptors (Lipinski definition) is 5. The summed E-state index contributed by atoms with van der Waals surface area (Å²) < 4.78 is 40.7. The molecule has 2 heterocycles. The molecule has 164 valence electrons. The van der Waals surface area contributed by atoms with Crippen molar-refractivity contribution in [2.24, 2.45) is 5.73 Å². The van der Waals surface area contributed by atoms with Crippen molar-refractivity contribution in [1.82, 2.24) is 9.97 Å². The maximum Gasteiger partial charge on any atom is 0.398 e. The van der Waals surface area contributed by atoms with Crippen LogP contribution in [-0.4, -0.2) is 32.3 Å². The second-order valence-electron chi connectivity index (χ2n) is 7.50. The van der Waals surface area contributed by atoms with Crippen molar-refractivity contribution in [1.29, 1.82) is 0 Å². The number of primary amides is 1. The monoisotopic (exact) mass is 455 g/mol. The topological polar surface area (TPSA) is 129 Å². The molecule has 11 heteroatoms. The minimum Gasteiger partial charge on any atom is -0.507 e. The normalized spacial score (nSPS) is 12.4. The van der Waals surface area contributed by atoms with Gasteiger partial charge in [0.15, 0.2) is 5.43 Å². The van der Waals surface area contributed by atoms with Crippen LogP contribution in [0.2, 0.25) is 5.02 Å². The summed E-state index contributed by atoms with van der Waals surface area (Å²) in [7, 11) is 0. The molecule has 0 bridgehead atoms. The number of aromatic nitrogens is 2. The van der Waals surface area contributed by atoms with Crippen LogP contribution in [-0.2, 0) is 5.41 Å². The molecule has 1 amide bonds. The van der Waals surface area contributed by atoms with Crippen LogP contribution >= 0.6 is 11.6 Å². The lowest BCUT2D eigenvalue weighted by atomic mass is 9.81. The lowest BCUT2D eigenvalue weighted by Gasteiger charge is -2.31. The Bertz CT molecular complexity index is 1270. The molecule has 0 aliphatic heterocycles. The number of hydrogen-bond donors (Lipinski definition) is 4. The van der Waals surface area contributed by atoms with E-state index < -0.39 is 45.0 Å². The molecular weight excluding hydrogens is 439 g/mol. The molecule has 7 nitrogen and oxygen atoms in total. The molecule has 0 saturated heterocycles. The molecule has 0 saturated carbocycles. The predicted octanol–water partition coefficient (Wildman–Crippen LogP) is 3.90. The van der Waals surface area contributed by atoms with Gasteiger partial charge in [-0.3, -0.25) is 14.6 Å². The Morgan fingerprint density at radius 2 is 1.84 bits per heavy atom. The van der Waals surface area contributed by atoms with Gasteiger partial charge in [0.2, 0.25) is 0 Å². The first-order chi connectivity index (χ1) is 14.2. The van der Waals surface area contributed by atoms with Crippen molar-refractivity contribution in [3.63, 3.8) is 0 Å². The molecule has 1 aromatic carbocycles. The summed E-state index contributed by atoms with van der Waals surface area (Å²) in [5, 5.41) is 20.4. The van der Waals surface area contributed by atoms with Crippen LogP contribution < -0.4 is 11.2 Å². The molecule has 2 aromatic heterocycles. The van der Waals surface area contributed by atoms with Crippen LogP contribution in [0.25, 0.3) is 22.2 Å². The standard InChI is InChI=1S/C20H17ClF3N3O4/c1-7-11(17(30)14(21)13(16(7)29)19(2,3)20(22,23)24)9-6-10(28)12-8(27-9)4-5-26-15(12)18(25)31/h4-6,29-30H,1-3H3,(H2,25,31)(H,27,28). The molecule has 0 aliphatic carbocycles. The summed E-state index contributed by atoms with van der Waals surface area (Å²) in [6.07, 6.45) is -3.54. The fraction of sp³-hybridized carbons (Fsp3) is 0.250. The van der Waals surface area contributed by atoms with Gasteiger partial charge in [0.05, 0.1) is 27.0 Å². The van der Waals surface area contributed by atoms with Gasteiger partial charge in [-0.2, -0.15) is 13.2 Å². The Balaban J connectivity index is 2.37. The lowest BCUT2D eigenvalue weighted by Crippen LogP contribution is -2.36. The fourth-order valence-corrected chi connectivity index (χ4v) is 3.80. The molecule has 0 atom stereocenters. The zero-order chi connectivity index (χ0) is 23.5. The minimum atomic E-state index is -4.77. The third-order valence-corrected chi connectivity index (χ3v) is 5.58. The number of fused-ring (bicyclic) bond motifs is 1. The number of nitrogens with one attached hydrogen (secondary N) is 1. The van der Waals surface area contributed by atoms with Crippen molar-refractivity contribution in [3.05, 3.63) is 50.4 Å². The van der Waals surface area contributed by atoms with Gasteiger partial charge < -0.3 is 20.9 Å². The van der Waals surface area contributed by atoms with E-state index in [1.165, 1.54) is 19.2 Å². The number of amides is 1. The molecule has 0 aliphatic rings. The second kappa shape index (κ2) is 7.16. The highest BCUT2D eigenvalue weighted by atomic mass is 35.5. The summed E-state index contributed by atoms with van der Waals surface area (Å²) in [5.74, 6) is -2.45. The molecule has 3 rings (SSSR count). The summed E-state index contributed by atoms with van der Waals surface area (Å²) in [6.45, 7) is 2.92. The first kappa shape index (κ1) is 22.4. The van der Waals surface area contributed by atoms with E-state index in [-0.39, 0.29) is 33.4 Å². The number of benzene rings is 1. The maximum absolute atomic E-state index is 13.6. The van der Waals surface area contributed by atoms with Crippen LogP contribution in [0.4, 0.5) is 13.2 Å². The highest BCUT2D eigenvalue weighted by molar-refractivity contribution is 6.33. The van der Waals surface area contributed by atoms with Crippen LogP contribution in [0.5, 0.6) is 11.5 Å². The number of halogens is 4. The number of aromatic hydroxyl groups is 2. The highest BCUT2D eigenvalue weighted by Gasteiger charge is 2.51. The Kier molecular flexibility index (Phi) is 5.17. The van der Waals surface area contributed by atoms with Gasteiger partial charge in [-0.05, 0) is 26.8 Å². The third kappa shape index (κ3) is 3.36. The molecule has 0 unspecified atom stereocenters. The van der Waals surface area contributed by atoms with Crippen molar-refractivity contribution >= 4 is 28.4 Å². The first-order valence-electron chi connectivity index (χ1n) is 8.83. The number of H-pyrrole nitrogens is 1. The number of phenolic OH excluding ortho intramolecular Hbond substituents is 2. The molecular formula is C20H17ClF3N3O4. The van der Waals surface area contributed by atoms with Crippen LogP contribution in [0.1, 0.15) is 35.5 Å². The van der Waals surface area contributed by atoms with Crippen LogP contribution in [0.15, 0.2) is 23.1 Å². The zero-order valence-electron chi connectivity index (χ0n) is 16.5. The number of alkyl halides is 3. The molecule has 3 aromatic rings. The lowest BCUT2D eigenvalue weighted by molar-refractivity contribution is -0.180. The highest BCUT2D eigenvalue weighted by Crippen LogP contribution is 2.53. The summed E-state index contributed by atoms with van der Waals surface area (Å²) in [4.78, 5) is 30.8. The zero-order valence-corrected chi connectivity index (χ0v) is 17.2. The van der Waals surface area contributed by atoms with E-state index in [0.717, 1.165) is 19.9 Å². The van der Waals surface area contributed by atoms with E-state index >= 15 is 0 Å². The van der Waals surface area contributed by atoms with E-state index in [4.69, 9.17) is 17.3 Å².